The predicted octanol–water partition coefficient (Wildman–Crippen LogP) is 3.38. The van der Waals surface area contributed by atoms with Crippen molar-refractivity contribution in [3.05, 3.63) is 93.5 Å². The van der Waals surface area contributed by atoms with Gasteiger partial charge in [-0.05, 0) is 73.9 Å². The van der Waals surface area contributed by atoms with Crippen LogP contribution in [0.5, 0.6) is 5.75 Å². The van der Waals surface area contributed by atoms with Gasteiger partial charge in [-0.25, -0.2) is 0 Å². The Kier molecular flexibility index (Phi) is 10.2. The Labute approximate surface area is 328 Å². The second kappa shape index (κ2) is 15.4. The van der Waals surface area contributed by atoms with Crippen LogP contribution in [0, 0.1) is 11.3 Å². The zero-order valence-corrected chi connectivity index (χ0v) is 31.3. The van der Waals surface area contributed by atoms with Crippen molar-refractivity contribution in [1.29, 1.82) is 5.26 Å². The van der Waals surface area contributed by atoms with Gasteiger partial charge in [-0.15, -0.1) is 0 Å². The highest BCUT2D eigenvalue weighted by Gasteiger charge is 2.45. The molecule has 0 bridgehead atoms. The van der Waals surface area contributed by atoms with Gasteiger partial charge in [0.25, 0.3) is 23.6 Å². The summed E-state index contributed by atoms with van der Waals surface area (Å²) in [4.78, 5) is 84.2. The van der Waals surface area contributed by atoms with E-state index in [0.717, 1.165) is 49.6 Å². The maximum Gasteiger partial charge on any atom is 0.262 e. The molecule has 0 aromatic heterocycles. The molecule has 4 fully saturated rings. The van der Waals surface area contributed by atoms with Gasteiger partial charge in [0.15, 0.2) is 0 Å². The Balaban J connectivity index is 0.774. The van der Waals surface area contributed by atoms with E-state index in [0.29, 0.717) is 59.4 Å². The number of piperazine rings is 1. The van der Waals surface area contributed by atoms with Gasteiger partial charge >= 0.3 is 0 Å². The van der Waals surface area contributed by atoms with Crippen molar-refractivity contribution in [2.75, 3.05) is 44.2 Å². The van der Waals surface area contributed by atoms with Crippen LogP contribution < -0.4 is 20.3 Å². The normalized spacial score (nSPS) is 22.9. The third-order valence-electron chi connectivity index (χ3n) is 11.6. The van der Waals surface area contributed by atoms with Gasteiger partial charge < -0.3 is 19.9 Å². The Morgan fingerprint density at radius 1 is 0.821 bits per heavy atom. The number of carbonyl (C=O) groups is 6. The fourth-order valence-corrected chi connectivity index (χ4v) is 8.50. The van der Waals surface area contributed by atoms with Crippen LogP contribution >= 0.6 is 11.6 Å². The summed E-state index contributed by atoms with van der Waals surface area (Å²) in [5, 5.41) is 14.6. The number of fused-ring (bicyclic) bond motifs is 1. The molecule has 1 atom stereocenters. The summed E-state index contributed by atoms with van der Waals surface area (Å²) in [6, 6.07) is 18.3. The number of halogens is 1. The van der Waals surface area contributed by atoms with E-state index in [1.807, 2.05) is 17.0 Å². The molecule has 4 heterocycles. The first-order chi connectivity index (χ1) is 27.1. The minimum absolute atomic E-state index is 0.0252. The van der Waals surface area contributed by atoms with Crippen molar-refractivity contribution in [2.45, 2.75) is 62.8 Å². The molecule has 3 saturated heterocycles. The minimum atomic E-state index is -0.993. The topological polar surface area (TPSA) is 172 Å². The molecule has 56 heavy (non-hydrogen) atoms. The van der Waals surface area contributed by atoms with E-state index in [4.69, 9.17) is 21.6 Å². The molecule has 1 aliphatic carbocycles. The molecule has 0 spiro atoms. The summed E-state index contributed by atoms with van der Waals surface area (Å²) in [6.07, 6.45) is 3.25. The second-order valence-corrected chi connectivity index (χ2v) is 15.3. The van der Waals surface area contributed by atoms with Gasteiger partial charge in [-0.1, -0.05) is 11.6 Å². The van der Waals surface area contributed by atoms with Crippen molar-refractivity contribution in [1.82, 2.24) is 25.3 Å². The SMILES string of the molecule is N#Cc1ccc(O[C@H]2C[C@H](NC(=O)c3ccc(C(=O)N4CCN(C5CCN(c6ccc7c(c6)C(=O)N(C6CCC(=O)NC6=O)C7=O)CC5)CC4)cc3)C2)cc1Cl. The molecular formula is C41H40ClN7O7. The molecule has 14 nitrogen and oxygen atoms in total. The maximum absolute atomic E-state index is 13.4. The van der Waals surface area contributed by atoms with Gasteiger partial charge in [0.1, 0.15) is 24.0 Å². The van der Waals surface area contributed by atoms with Crippen LogP contribution in [-0.2, 0) is 9.59 Å². The summed E-state index contributed by atoms with van der Waals surface area (Å²) >= 11 is 6.10. The first-order valence-electron chi connectivity index (χ1n) is 19.0. The molecule has 15 heteroatoms. The number of anilines is 1. The molecule has 5 aliphatic rings. The number of nitriles is 1. The standard InChI is InChI=1S/C41H40ClN7O7/c42-34-22-30(7-5-26(34)23-43)56-31-19-27(20-31)44-37(51)24-1-3-25(4-2-24)39(53)48-17-15-47(16-18-48)28-11-13-46(14-12-28)29-6-8-32-33(21-29)41(55)49(40(32)54)35-9-10-36(50)45-38(35)52/h1-8,21-22,27-28,31,35H,9-20H2,(H,44,51)(H,45,50,52)/t27-,31-,35?. The van der Waals surface area contributed by atoms with E-state index >= 15 is 0 Å². The van der Waals surface area contributed by atoms with E-state index < -0.39 is 29.7 Å². The number of piperidine rings is 2. The highest BCUT2D eigenvalue weighted by atomic mass is 35.5. The van der Waals surface area contributed by atoms with Crippen molar-refractivity contribution in [3.63, 3.8) is 0 Å². The first kappa shape index (κ1) is 37.2. The number of hydrogen-bond donors (Lipinski definition) is 2. The van der Waals surface area contributed by atoms with E-state index in [-0.39, 0.29) is 47.9 Å². The van der Waals surface area contributed by atoms with E-state index in [1.54, 1.807) is 54.6 Å². The first-order valence-corrected chi connectivity index (χ1v) is 19.3. The number of benzene rings is 3. The number of imide groups is 2. The van der Waals surface area contributed by atoms with E-state index in [1.165, 1.54) is 0 Å². The second-order valence-electron chi connectivity index (χ2n) is 14.9. The fraction of sp³-hybridized carbons (Fsp3) is 0.390. The fourth-order valence-electron chi connectivity index (χ4n) is 8.28. The van der Waals surface area contributed by atoms with Crippen molar-refractivity contribution >= 4 is 52.7 Å². The highest BCUT2D eigenvalue weighted by Crippen LogP contribution is 2.33. The highest BCUT2D eigenvalue weighted by molar-refractivity contribution is 6.31. The summed E-state index contributed by atoms with van der Waals surface area (Å²) in [5.41, 5.74) is 2.80. The van der Waals surface area contributed by atoms with Crippen LogP contribution in [0.25, 0.3) is 0 Å². The number of rotatable bonds is 8. The maximum atomic E-state index is 13.4. The summed E-state index contributed by atoms with van der Waals surface area (Å²) in [7, 11) is 0. The lowest BCUT2D eigenvalue weighted by atomic mass is 9.89. The molecule has 1 saturated carbocycles. The van der Waals surface area contributed by atoms with Crippen LogP contribution in [0.15, 0.2) is 60.7 Å². The third kappa shape index (κ3) is 7.32. The molecule has 3 aromatic rings. The Morgan fingerprint density at radius 3 is 2.20 bits per heavy atom. The number of hydrogen-bond acceptors (Lipinski definition) is 10. The molecule has 8 rings (SSSR count). The van der Waals surface area contributed by atoms with Crippen molar-refractivity contribution in [3.8, 4) is 11.8 Å². The largest absolute Gasteiger partial charge is 0.490 e. The summed E-state index contributed by atoms with van der Waals surface area (Å²) in [6.45, 7) is 4.26. The number of carbonyl (C=O) groups excluding carboxylic acids is 6. The Bertz CT molecular complexity index is 2150. The van der Waals surface area contributed by atoms with Crippen LogP contribution in [-0.4, -0.2) is 114 Å². The van der Waals surface area contributed by atoms with E-state index in [2.05, 4.69) is 20.4 Å². The number of amides is 6. The lowest BCUT2D eigenvalue weighted by Crippen LogP contribution is -2.54. The van der Waals surface area contributed by atoms with Gasteiger partial charge in [0, 0.05) is 93.5 Å². The van der Waals surface area contributed by atoms with Crippen LogP contribution in [0.4, 0.5) is 5.69 Å². The lowest BCUT2D eigenvalue weighted by molar-refractivity contribution is -0.136. The van der Waals surface area contributed by atoms with Crippen molar-refractivity contribution < 1.29 is 33.5 Å². The smallest absolute Gasteiger partial charge is 0.262 e. The van der Waals surface area contributed by atoms with Crippen LogP contribution in [0.3, 0.4) is 0 Å². The molecule has 3 aromatic carbocycles. The van der Waals surface area contributed by atoms with E-state index in [9.17, 15) is 28.8 Å². The molecule has 0 radical (unpaired) electrons. The molecule has 1 unspecified atom stereocenters. The number of ether oxygens (including phenoxy) is 1. The van der Waals surface area contributed by atoms with Gasteiger partial charge in [0.05, 0.1) is 21.7 Å². The quantitative estimate of drug-likeness (QED) is 0.323. The molecule has 6 amide bonds. The third-order valence-corrected chi connectivity index (χ3v) is 11.9. The zero-order chi connectivity index (χ0) is 39.1. The van der Waals surface area contributed by atoms with Gasteiger partial charge in [-0.3, -0.25) is 43.9 Å². The minimum Gasteiger partial charge on any atom is -0.490 e. The van der Waals surface area contributed by atoms with Crippen LogP contribution in [0.2, 0.25) is 5.02 Å². The van der Waals surface area contributed by atoms with Crippen LogP contribution in [0.1, 0.15) is 85.5 Å². The number of nitrogens with one attached hydrogen (secondary N) is 2. The lowest BCUT2D eigenvalue weighted by Gasteiger charge is -2.43. The molecular weight excluding hydrogens is 738 g/mol. The van der Waals surface area contributed by atoms with Crippen molar-refractivity contribution in [2.24, 2.45) is 0 Å². The predicted molar refractivity (Wildman–Crippen MR) is 203 cm³/mol. The average molecular weight is 778 g/mol. The van der Waals surface area contributed by atoms with Gasteiger partial charge in [-0.2, -0.15) is 5.26 Å². The zero-order valence-electron chi connectivity index (χ0n) is 30.5. The molecule has 2 N–H and O–H groups in total. The Hall–Kier alpha value is -5.78. The average Bonchev–Trinajstić information content (AvgIpc) is 3.44. The Morgan fingerprint density at radius 2 is 1.52 bits per heavy atom. The summed E-state index contributed by atoms with van der Waals surface area (Å²) < 4.78 is 5.92. The monoisotopic (exact) mass is 777 g/mol. The van der Waals surface area contributed by atoms with Gasteiger partial charge in [0.2, 0.25) is 11.8 Å². The molecule has 4 aliphatic heterocycles. The molecule has 288 valence electrons. The number of nitrogens with zero attached hydrogens (tertiary/aromatic N) is 5. The summed E-state index contributed by atoms with van der Waals surface area (Å²) in [5.74, 6) is -1.73.